The van der Waals surface area contributed by atoms with E-state index in [9.17, 15) is 0 Å². The number of nitrogens with zero attached hydrogens (tertiary/aromatic N) is 2. The monoisotopic (exact) mass is 249 g/mol. The summed E-state index contributed by atoms with van der Waals surface area (Å²) >= 11 is 1.80. The fourth-order valence-corrected chi connectivity index (χ4v) is 3.67. The third kappa shape index (κ3) is 1.75. The summed E-state index contributed by atoms with van der Waals surface area (Å²) < 4.78 is 0. The maximum Gasteiger partial charge on any atom is 0.192 e. The summed E-state index contributed by atoms with van der Waals surface area (Å²) in [6.07, 6.45) is 3.84. The molecule has 0 aromatic carbocycles. The third-order valence-corrected chi connectivity index (χ3v) is 5.03. The van der Waals surface area contributed by atoms with Gasteiger partial charge in [-0.1, -0.05) is 13.0 Å². The van der Waals surface area contributed by atoms with Gasteiger partial charge in [0.15, 0.2) is 5.96 Å². The van der Waals surface area contributed by atoms with Crippen molar-refractivity contribution in [2.45, 2.75) is 38.3 Å². The molecule has 3 rings (SSSR count). The topological polar surface area (TPSA) is 41.6 Å². The predicted molar refractivity (Wildman–Crippen MR) is 72.1 cm³/mol. The van der Waals surface area contributed by atoms with Crippen molar-refractivity contribution in [3.8, 4) is 0 Å². The number of nitrogens with two attached hydrogens (primary N) is 1. The van der Waals surface area contributed by atoms with E-state index in [-0.39, 0.29) is 5.54 Å². The van der Waals surface area contributed by atoms with Gasteiger partial charge in [0.2, 0.25) is 0 Å². The highest BCUT2D eigenvalue weighted by Gasteiger charge is 2.51. The molecule has 4 heteroatoms. The van der Waals surface area contributed by atoms with E-state index in [0.29, 0.717) is 0 Å². The Kier molecular flexibility index (Phi) is 2.62. The van der Waals surface area contributed by atoms with E-state index in [0.717, 1.165) is 31.4 Å². The zero-order chi connectivity index (χ0) is 11.9. The number of rotatable bonds is 4. The smallest absolute Gasteiger partial charge is 0.192 e. The Morgan fingerprint density at radius 3 is 3.00 bits per heavy atom. The molecule has 1 saturated carbocycles. The lowest BCUT2D eigenvalue weighted by Crippen LogP contribution is -2.52. The van der Waals surface area contributed by atoms with Crippen LogP contribution >= 0.6 is 11.3 Å². The van der Waals surface area contributed by atoms with Crippen LogP contribution in [-0.2, 0) is 6.54 Å². The number of hydrogen-bond acceptors (Lipinski definition) is 4. The van der Waals surface area contributed by atoms with Crippen LogP contribution in [0.15, 0.2) is 22.5 Å². The highest BCUT2D eigenvalue weighted by atomic mass is 32.1. The maximum atomic E-state index is 6.09. The van der Waals surface area contributed by atoms with Crippen molar-refractivity contribution < 1.29 is 0 Å². The lowest BCUT2D eigenvalue weighted by Gasteiger charge is -2.39. The highest BCUT2D eigenvalue weighted by Crippen LogP contribution is 2.47. The van der Waals surface area contributed by atoms with Gasteiger partial charge in [-0.25, -0.2) is 0 Å². The van der Waals surface area contributed by atoms with Gasteiger partial charge < -0.3 is 10.6 Å². The standard InChI is InChI=1S/C13H19N3S/c1-2-13(10-5-6-10)9-15-12(14)16(13)8-11-4-3-7-17-11/h3-4,7,10H,2,5-6,8-9H2,1H3,(H2,14,15). The second-order valence-corrected chi connectivity index (χ2v) is 6.10. The van der Waals surface area contributed by atoms with Crippen LogP contribution in [0.2, 0.25) is 0 Å². The van der Waals surface area contributed by atoms with E-state index >= 15 is 0 Å². The first-order chi connectivity index (χ1) is 8.26. The van der Waals surface area contributed by atoms with Gasteiger partial charge in [0, 0.05) is 4.88 Å². The van der Waals surface area contributed by atoms with Crippen molar-refractivity contribution in [1.29, 1.82) is 0 Å². The quantitative estimate of drug-likeness (QED) is 0.890. The van der Waals surface area contributed by atoms with Crippen LogP contribution in [0.3, 0.4) is 0 Å². The van der Waals surface area contributed by atoms with Crippen molar-refractivity contribution in [1.82, 2.24) is 4.90 Å². The van der Waals surface area contributed by atoms with Gasteiger partial charge in [0.1, 0.15) is 0 Å². The summed E-state index contributed by atoms with van der Waals surface area (Å²) in [5.74, 6) is 1.55. The molecule has 0 radical (unpaired) electrons. The molecule has 1 aliphatic carbocycles. The minimum atomic E-state index is 0.216. The first kappa shape index (κ1) is 11.1. The van der Waals surface area contributed by atoms with E-state index in [1.165, 1.54) is 17.7 Å². The number of thiophene rings is 1. The molecule has 0 amide bonds. The number of hydrogen-bond donors (Lipinski definition) is 1. The normalized spacial score (nSPS) is 28.5. The summed E-state index contributed by atoms with van der Waals surface area (Å²) in [5.41, 5.74) is 6.31. The Labute approximate surface area is 106 Å². The van der Waals surface area contributed by atoms with Gasteiger partial charge in [-0.2, -0.15) is 0 Å². The van der Waals surface area contributed by atoms with Gasteiger partial charge in [-0.15, -0.1) is 11.3 Å². The lowest BCUT2D eigenvalue weighted by atomic mass is 9.89. The molecule has 17 heavy (non-hydrogen) atoms. The minimum Gasteiger partial charge on any atom is -0.370 e. The average molecular weight is 249 g/mol. The van der Waals surface area contributed by atoms with E-state index in [2.05, 4.69) is 34.3 Å². The van der Waals surface area contributed by atoms with E-state index in [1.807, 2.05) is 0 Å². The van der Waals surface area contributed by atoms with Gasteiger partial charge in [0.05, 0.1) is 18.6 Å². The van der Waals surface area contributed by atoms with Crippen LogP contribution in [-0.4, -0.2) is 22.9 Å². The predicted octanol–water partition coefficient (Wildman–Crippen LogP) is 2.44. The molecule has 92 valence electrons. The van der Waals surface area contributed by atoms with Crippen LogP contribution in [0.25, 0.3) is 0 Å². The SMILES string of the molecule is CCC1(C2CC2)CN=C(N)N1Cc1cccs1. The number of aliphatic imine (C=N–C) groups is 1. The Morgan fingerprint density at radius 2 is 2.41 bits per heavy atom. The van der Waals surface area contributed by atoms with E-state index in [1.54, 1.807) is 11.3 Å². The van der Waals surface area contributed by atoms with Crippen LogP contribution in [0.1, 0.15) is 31.1 Å². The van der Waals surface area contributed by atoms with Crippen LogP contribution in [0.4, 0.5) is 0 Å². The van der Waals surface area contributed by atoms with Gasteiger partial charge in [-0.3, -0.25) is 4.99 Å². The lowest BCUT2D eigenvalue weighted by molar-refractivity contribution is 0.157. The maximum absolute atomic E-state index is 6.09. The summed E-state index contributed by atoms with van der Waals surface area (Å²) in [6, 6.07) is 4.29. The van der Waals surface area contributed by atoms with E-state index < -0.39 is 0 Å². The molecule has 1 fully saturated rings. The van der Waals surface area contributed by atoms with Gasteiger partial charge >= 0.3 is 0 Å². The molecule has 0 bridgehead atoms. The second kappa shape index (κ2) is 4.02. The van der Waals surface area contributed by atoms with Crippen LogP contribution in [0, 0.1) is 5.92 Å². The van der Waals surface area contributed by atoms with E-state index in [4.69, 9.17) is 5.73 Å². The summed E-state index contributed by atoms with van der Waals surface area (Å²) in [7, 11) is 0. The first-order valence-corrected chi connectivity index (χ1v) is 7.24. The Hall–Kier alpha value is -1.03. The molecular weight excluding hydrogens is 230 g/mol. The molecule has 0 spiro atoms. The molecule has 1 aromatic heterocycles. The largest absolute Gasteiger partial charge is 0.370 e. The molecule has 1 aliphatic heterocycles. The zero-order valence-corrected chi connectivity index (χ0v) is 11.0. The molecule has 1 unspecified atom stereocenters. The molecule has 1 aromatic rings. The molecule has 2 heterocycles. The molecule has 2 aliphatic rings. The van der Waals surface area contributed by atoms with Crippen molar-refractivity contribution in [3.63, 3.8) is 0 Å². The number of guanidine groups is 1. The second-order valence-electron chi connectivity index (χ2n) is 5.07. The minimum absolute atomic E-state index is 0.216. The molecule has 1 atom stereocenters. The third-order valence-electron chi connectivity index (χ3n) is 4.17. The van der Waals surface area contributed by atoms with Crippen molar-refractivity contribution in [3.05, 3.63) is 22.4 Å². The van der Waals surface area contributed by atoms with Gasteiger partial charge in [-0.05, 0) is 36.6 Å². The average Bonchev–Trinajstić information content (AvgIpc) is 2.98. The molecular formula is C13H19N3S. The summed E-state index contributed by atoms with van der Waals surface area (Å²) in [4.78, 5) is 8.24. The molecule has 2 N–H and O–H groups in total. The fourth-order valence-electron chi connectivity index (χ4n) is 2.98. The zero-order valence-electron chi connectivity index (χ0n) is 10.2. The van der Waals surface area contributed by atoms with Gasteiger partial charge in [0.25, 0.3) is 0 Å². The van der Waals surface area contributed by atoms with Crippen molar-refractivity contribution >= 4 is 17.3 Å². The van der Waals surface area contributed by atoms with Crippen molar-refractivity contribution in [2.24, 2.45) is 16.6 Å². The molecule has 0 saturated heterocycles. The Morgan fingerprint density at radius 1 is 1.59 bits per heavy atom. The fraction of sp³-hybridized carbons (Fsp3) is 0.615. The Balaban J connectivity index is 1.85. The van der Waals surface area contributed by atoms with Crippen molar-refractivity contribution in [2.75, 3.05) is 6.54 Å². The highest BCUT2D eigenvalue weighted by molar-refractivity contribution is 7.09. The summed E-state index contributed by atoms with van der Waals surface area (Å²) in [6.45, 7) is 4.09. The first-order valence-electron chi connectivity index (χ1n) is 6.36. The van der Waals surface area contributed by atoms with Crippen LogP contribution in [0.5, 0.6) is 0 Å². The van der Waals surface area contributed by atoms with Crippen LogP contribution < -0.4 is 5.73 Å². The Bertz CT molecular complexity index is 422. The summed E-state index contributed by atoms with van der Waals surface area (Å²) in [5, 5.41) is 2.13. The molecule has 3 nitrogen and oxygen atoms in total.